The van der Waals surface area contributed by atoms with Gasteiger partial charge in [0.1, 0.15) is 11.4 Å². The monoisotopic (exact) mass is 335 g/mol. The van der Waals surface area contributed by atoms with Crippen molar-refractivity contribution < 1.29 is 18.3 Å². The Labute approximate surface area is 123 Å². The largest absolute Gasteiger partial charge is 0.480 e. The smallest absolute Gasteiger partial charge is 0.325 e. The number of thiophene rings is 1. The predicted octanol–water partition coefficient (Wildman–Crippen LogP) is 1.16. The minimum Gasteiger partial charge on any atom is -0.480 e. The molecule has 7 nitrogen and oxygen atoms in total. The molecule has 0 saturated heterocycles. The van der Waals surface area contributed by atoms with Crippen molar-refractivity contribution in [3.63, 3.8) is 0 Å². The number of hydrogen-bond acceptors (Lipinski definition) is 5. The number of aromatic nitrogens is 2. The van der Waals surface area contributed by atoms with E-state index in [9.17, 15) is 13.2 Å². The van der Waals surface area contributed by atoms with Crippen LogP contribution in [-0.2, 0) is 27.9 Å². The van der Waals surface area contributed by atoms with E-state index in [-0.39, 0.29) is 11.4 Å². The average Bonchev–Trinajstić information content (AvgIpc) is 2.95. The Hall–Kier alpha value is -1.42. The van der Waals surface area contributed by atoms with Crippen LogP contribution >= 0.6 is 22.9 Å². The van der Waals surface area contributed by atoms with Gasteiger partial charge in [0.25, 0.3) is 0 Å². The van der Waals surface area contributed by atoms with E-state index in [1.807, 2.05) is 0 Å². The molecule has 0 amide bonds. The van der Waals surface area contributed by atoms with Gasteiger partial charge in [0, 0.05) is 17.6 Å². The topological polar surface area (TPSA) is 101 Å². The Morgan fingerprint density at radius 3 is 2.85 bits per heavy atom. The van der Waals surface area contributed by atoms with Gasteiger partial charge in [0.15, 0.2) is 0 Å². The Morgan fingerprint density at radius 2 is 2.25 bits per heavy atom. The molecule has 2 aromatic heterocycles. The minimum atomic E-state index is -3.73. The molecule has 0 aliphatic carbocycles. The predicted molar refractivity (Wildman–Crippen MR) is 73.2 cm³/mol. The number of rotatable bonds is 6. The molecule has 0 radical (unpaired) electrons. The third-order valence-electron chi connectivity index (χ3n) is 2.28. The fourth-order valence-electron chi connectivity index (χ4n) is 1.40. The van der Waals surface area contributed by atoms with E-state index in [1.165, 1.54) is 11.3 Å². The summed E-state index contributed by atoms with van der Waals surface area (Å²) in [6.45, 7) is -0.278. The zero-order valence-electron chi connectivity index (χ0n) is 9.98. The summed E-state index contributed by atoms with van der Waals surface area (Å²) in [4.78, 5) is 11.2. The lowest BCUT2D eigenvalue weighted by atomic mass is 10.5. The molecular formula is C10H10ClN3O4S2. The molecule has 2 rings (SSSR count). The second-order valence-electron chi connectivity index (χ2n) is 3.80. The van der Waals surface area contributed by atoms with Crippen molar-refractivity contribution in [2.45, 2.75) is 18.0 Å². The number of carboxylic acids is 1. The van der Waals surface area contributed by atoms with Crippen molar-refractivity contribution in [1.82, 2.24) is 14.5 Å². The number of hydrogen-bond donors (Lipinski definition) is 2. The Morgan fingerprint density at radius 1 is 1.50 bits per heavy atom. The van der Waals surface area contributed by atoms with E-state index in [0.29, 0.717) is 4.34 Å². The fraction of sp³-hybridized carbons (Fsp3) is 0.200. The van der Waals surface area contributed by atoms with Gasteiger partial charge in [-0.15, -0.1) is 11.3 Å². The van der Waals surface area contributed by atoms with Gasteiger partial charge < -0.3 is 5.11 Å². The maximum absolute atomic E-state index is 12.0. The van der Waals surface area contributed by atoms with Gasteiger partial charge >= 0.3 is 5.97 Å². The van der Waals surface area contributed by atoms with E-state index < -0.39 is 22.5 Å². The van der Waals surface area contributed by atoms with Gasteiger partial charge in [0.2, 0.25) is 10.0 Å². The van der Waals surface area contributed by atoms with Crippen molar-refractivity contribution in [1.29, 1.82) is 0 Å². The summed E-state index contributed by atoms with van der Waals surface area (Å²) in [5.41, 5.74) is 0. The minimum absolute atomic E-state index is 0.0820. The summed E-state index contributed by atoms with van der Waals surface area (Å²) in [5, 5.41) is 12.3. The summed E-state index contributed by atoms with van der Waals surface area (Å²) in [5.74, 6) is -1.10. The van der Waals surface area contributed by atoms with Crippen molar-refractivity contribution in [2.75, 3.05) is 0 Å². The first-order valence-corrected chi connectivity index (χ1v) is 8.03. The molecule has 20 heavy (non-hydrogen) atoms. The molecule has 0 aliphatic heterocycles. The molecule has 0 atom stereocenters. The summed E-state index contributed by atoms with van der Waals surface area (Å²) >= 11 is 7.03. The highest BCUT2D eigenvalue weighted by molar-refractivity contribution is 7.89. The van der Waals surface area contributed by atoms with Crippen molar-refractivity contribution in [3.8, 4) is 0 Å². The standard InChI is InChI=1S/C10H10ClN3O4S2/c11-9-2-1-7(19-9)3-13-20(17,18)8-4-12-14(5-8)6-10(15)16/h1-2,4-5,13H,3,6H2,(H,15,16). The first-order valence-electron chi connectivity index (χ1n) is 5.35. The molecule has 2 aromatic rings. The molecule has 10 heteroatoms. The van der Waals surface area contributed by atoms with Gasteiger partial charge in [-0.3, -0.25) is 9.48 Å². The lowest BCUT2D eigenvalue weighted by molar-refractivity contribution is -0.137. The van der Waals surface area contributed by atoms with Crippen LogP contribution in [0.15, 0.2) is 29.4 Å². The number of halogens is 1. The SMILES string of the molecule is O=C(O)Cn1cc(S(=O)(=O)NCc2ccc(Cl)s2)cn1. The fourth-order valence-corrected chi connectivity index (χ4v) is 3.48. The number of carbonyl (C=O) groups is 1. The highest BCUT2D eigenvalue weighted by Crippen LogP contribution is 2.21. The molecular weight excluding hydrogens is 326 g/mol. The molecule has 2 N–H and O–H groups in total. The molecule has 108 valence electrons. The number of sulfonamides is 1. The number of carboxylic acid groups (broad SMARTS) is 1. The van der Waals surface area contributed by atoms with Crippen LogP contribution in [0.25, 0.3) is 0 Å². The zero-order valence-corrected chi connectivity index (χ0v) is 12.4. The molecule has 0 fully saturated rings. The molecule has 0 aromatic carbocycles. The normalized spacial score (nSPS) is 11.7. The lowest BCUT2D eigenvalue weighted by Crippen LogP contribution is -2.22. The maximum atomic E-state index is 12.0. The van der Waals surface area contributed by atoms with Crippen LogP contribution in [-0.4, -0.2) is 29.3 Å². The maximum Gasteiger partial charge on any atom is 0.325 e. The van der Waals surface area contributed by atoms with Crippen molar-refractivity contribution in [2.24, 2.45) is 0 Å². The second-order valence-corrected chi connectivity index (χ2v) is 7.36. The highest BCUT2D eigenvalue weighted by atomic mass is 35.5. The number of nitrogens with one attached hydrogen (secondary N) is 1. The van der Waals surface area contributed by atoms with Gasteiger partial charge in [-0.05, 0) is 12.1 Å². The first-order chi connectivity index (χ1) is 9.37. The Kier molecular flexibility index (Phi) is 4.43. The molecule has 0 aliphatic rings. The van der Waals surface area contributed by atoms with Crippen LogP contribution in [0.2, 0.25) is 4.34 Å². The summed E-state index contributed by atoms with van der Waals surface area (Å²) in [7, 11) is -3.73. The quantitative estimate of drug-likeness (QED) is 0.825. The van der Waals surface area contributed by atoms with Crippen LogP contribution in [0, 0.1) is 0 Å². The van der Waals surface area contributed by atoms with Gasteiger partial charge in [0.05, 0.1) is 10.5 Å². The Balaban J connectivity index is 2.06. The van der Waals surface area contributed by atoms with Crippen LogP contribution in [0.1, 0.15) is 4.88 Å². The Bertz CT molecular complexity index is 722. The van der Waals surface area contributed by atoms with Gasteiger partial charge in [-0.2, -0.15) is 5.10 Å². The summed E-state index contributed by atoms with van der Waals surface area (Å²) in [6, 6.07) is 3.41. The highest BCUT2D eigenvalue weighted by Gasteiger charge is 2.17. The van der Waals surface area contributed by atoms with Crippen LogP contribution < -0.4 is 4.72 Å². The van der Waals surface area contributed by atoms with Crippen molar-refractivity contribution >= 4 is 38.9 Å². The molecule has 2 heterocycles. The van der Waals surface area contributed by atoms with Crippen LogP contribution in [0.5, 0.6) is 0 Å². The molecule has 0 saturated carbocycles. The molecule has 0 bridgehead atoms. The first kappa shape index (κ1) is 15.0. The van der Waals surface area contributed by atoms with Crippen LogP contribution in [0.3, 0.4) is 0 Å². The van der Waals surface area contributed by atoms with Crippen molar-refractivity contribution in [3.05, 3.63) is 33.7 Å². The summed E-state index contributed by atoms with van der Waals surface area (Å²) < 4.78 is 28.0. The van der Waals surface area contributed by atoms with E-state index in [0.717, 1.165) is 22.0 Å². The van der Waals surface area contributed by atoms with E-state index in [2.05, 4.69) is 9.82 Å². The number of nitrogens with zero attached hydrogens (tertiary/aromatic N) is 2. The van der Waals surface area contributed by atoms with E-state index in [1.54, 1.807) is 12.1 Å². The lowest BCUT2D eigenvalue weighted by Gasteiger charge is -2.02. The van der Waals surface area contributed by atoms with Gasteiger partial charge in [-0.1, -0.05) is 11.6 Å². The zero-order chi connectivity index (χ0) is 14.8. The number of aliphatic carboxylic acids is 1. The van der Waals surface area contributed by atoms with E-state index in [4.69, 9.17) is 16.7 Å². The average molecular weight is 336 g/mol. The van der Waals surface area contributed by atoms with E-state index >= 15 is 0 Å². The third kappa shape index (κ3) is 3.79. The molecule has 0 unspecified atom stereocenters. The second kappa shape index (κ2) is 5.92. The van der Waals surface area contributed by atoms with Gasteiger partial charge in [-0.25, -0.2) is 13.1 Å². The third-order valence-corrected chi connectivity index (χ3v) is 4.87. The summed E-state index contributed by atoms with van der Waals surface area (Å²) in [6.07, 6.45) is 2.27. The molecule has 0 spiro atoms. The van der Waals surface area contributed by atoms with Crippen LogP contribution in [0.4, 0.5) is 0 Å².